The first-order valence-corrected chi connectivity index (χ1v) is 8.88. The lowest BCUT2D eigenvalue weighted by atomic mass is 9.92. The molecule has 2 fully saturated rings. The summed E-state index contributed by atoms with van der Waals surface area (Å²) >= 11 is 0. The molecule has 5 heteroatoms. The van der Waals surface area contributed by atoms with Gasteiger partial charge in [-0.15, -0.1) is 0 Å². The van der Waals surface area contributed by atoms with Gasteiger partial charge in [-0.05, 0) is 23.3 Å². The van der Waals surface area contributed by atoms with Crippen LogP contribution in [0.5, 0.6) is 5.75 Å². The van der Waals surface area contributed by atoms with Crippen molar-refractivity contribution in [1.29, 1.82) is 0 Å². The second-order valence-corrected chi connectivity index (χ2v) is 6.96. The number of piperazine rings is 1. The average molecular weight is 340 g/mol. The van der Waals surface area contributed by atoms with Crippen molar-refractivity contribution >= 4 is 16.9 Å². The molecule has 4 rings (SSSR count). The summed E-state index contributed by atoms with van der Waals surface area (Å²) in [5, 5.41) is 2.45. The van der Waals surface area contributed by atoms with Crippen molar-refractivity contribution in [3.05, 3.63) is 42.0 Å². The Morgan fingerprint density at radius 1 is 1.20 bits per heavy atom. The average Bonchev–Trinajstić information content (AvgIpc) is 2.99. The molecule has 2 aliphatic heterocycles. The summed E-state index contributed by atoms with van der Waals surface area (Å²) in [5.74, 6) is 0.922. The molecule has 2 heterocycles. The number of hydrogen-bond donors (Lipinski definition) is 0. The van der Waals surface area contributed by atoms with E-state index in [1.165, 1.54) is 16.3 Å². The molecule has 0 aromatic heterocycles. The minimum Gasteiger partial charge on any atom is -0.496 e. The van der Waals surface area contributed by atoms with E-state index in [1.54, 1.807) is 7.11 Å². The van der Waals surface area contributed by atoms with E-state index in [-0.39, 0.29) is 11.6 Å². The summed E-state index contributed by atoms with van der Waals surface area (Å²) in [5.41, 5.74) is 1.03. The zero-order valence-corrected chi connectivity index (χ0v) is 14.8. The number of fused-ring (bicyclic) bond motifs is 2. The summed E-state index contributed by atoms with van der Waals surface area (Å²) in [6, 6.07) is 12.6. The second kappa shape index (κ2) is 6.23. The van der Waals surface area contributed by atoms with E-state index in [2.05, 4.69) is 42.2 Å². The topological polar surface area (TPSA) is 42.0 Å². The number of benzene rings is 2. The second-order valence-electron chi connectivity index (χ2n) is 6.96. The van der Waals surface area contributed by atoms with Gasteiger partial charge < -0.3 is 9.47 Å². The molecule has 1 amide bonds. The number of amides is 1. The summed E-state index contributed by atoms with van der Waals surface area (Å²) in [4.78, 5) is 16.3. The lowest BCUT2D eigenvalue weighted by Crippen LogP contribution is -2.60. The highest BCUT2D eigenvalue weighted by Gasteiger charge is 2.49. The van der Waals surface area contributed by atoms with E-state index in [4.69, 9.17) is 9.47 Å². The standard InChI is InChI=1S/C20H24N2O3/c1-3-20-13-21(10-11-22(20)19(23)25-14-20)12-17-16-7-5-4-6-15(16)8-9-18(17)24-2/h4-9H,3,10-14H2,1-2H3. The first-order valence-electron chi connectivity index (χ1n) is 8.88. The fourth-order valence-corrected chi connectivity index (χ4v) is 4.18. The highest BCUT2D eigenvalue weighted by Crippen LogP contribution is 2.34. The Balaban J connectivity index is 1.65. The maximum absolute atomic E-state index is 12.0. The first kappa shape index (κ1) is 16.2. The number of ether oxygens (including phenoxy) is 2. The monoisotopic (exact) mass is 340 g/mol. The molecule has 2 aliphatic rings. The molecule has 25 heavy (non-hydrogen) atoms. The van der Waals surface area contributed by atoms with Crippen molar-refractivity contribution in [1.82, 2.24) is 9.80 Å². The quantitative estimate of drug-likeness (QED) is 0.857. The number of nitrogens with zero attached hydrogens (tertiary/aromatic N) is 2. The SMILES string of the molecule is CCC12COC(=O)N1CCN(Cc1c(OC)ccc3ccccc13)C2. The van der Waals surface area contributed by atoms with Gasteiger partial charge in [-0.1, -0.05) is 37.3 Å². The molecule has 1 atom stereocenters. The predicted molar refractivity (Wildman–Crippen MR) is 96.9 cm³/mol. The highest BCUT2D eigenvalue weighted by atomic mass is 16.6. The summed E-state index contributed by atoms with van der Waals surface area (Å²) in [6.45, 7) is 5.85. The normalized spacial score (nSPS) is 23.6. The molecule has 0 N–H and O–H groups in total. The van der Waals surface area contributed by atoms with Gasteiger partial charge in [0.25, 0.3) is 0 Å². The molecule has 0 radical (unpaired) electrons. The Morgan fingerprint density at radius 2 is 2.04 bits per heavy atom. The minimum absolute atomic E-state index is 0.163. The van der Waals surface area contributed by atoms with Crippen LogP contribution in [0, 0.1) is 0 Å². The Kier molecular flexibility index (Phi) is 4.04. The van der Waals surface area contributed by atoms with Crippen molar-refractivity contribution in [2.75, 3.05) is 33.4 Å². The van der Waals surface area contributed by atoms with E-state index < -0.39 is 0 Å². The zero-order valence-electron chi connectivity index (χ0n) is 14.8. The van der Waals surface area contributed by atoms with Gasteiger partial charge in [0.2, 0.25) is 0 Å². The van der Waals surface area contributed by atoms with Crippen LogP contribution in [-0.4, -0.2) is 54.8 Å². The van der Waals surface area contributed by atoms with Crippen molar-refractivity contribution < 1.29 is 14.3 Å². The van der Waals surface area contributed by atoms with Crippen LogP contribution in [0.3, 0.4) is 0 Å². The largest absolute Gasteiger partial charge is 0.496 e. The highest BCUT2D eigenvalue weighted by molar-refractivity contribution is 5.87. The van der Waals surface area contributed by atoms with E-state index in [0.717, 1.165) is 38.3 Å². The van der Waals surface area contributed by atoms with Crippen molar-refractivity contribution in [2.45, 2.75) is 25.4 Å². The number of carbonyl (C=O) groups excluding carboxylic acids is 1. The van der Waals surface area contributed by atoms with Gasteiger partial charge in [-0.2, -0.15) is 0 Å². The van der Waals surface area contributed by atoms with Crippen LogP contribution in [-0.2, 0) is 11.3 Å². The van der Waals surface area contributed by atoms with Crippen LogP contribution >= 0.6 is 0 Å². The number of hydrogen-bond acceptors (Lipinski definition) is 4. The Morgan fingerprint density at radius 3 is 2.84 bits per heavy atom. The number of rotatable bonds is 4. The van der Waals surface area contributed by atoms with E-state index in [1.807, 2.05) is 11.0 Å². The van der Waals surface area contributed by atoms with Crippen molar-refractivity contribution in [2.24, 2.45) is 0 Å². The molecule has 0 saturated carbocycles. The smallest absolute Gasteiger partial charge is 0.410 e. The van der Waals surface area contributed by atoms with Crippen LogP contribution in [0.4, 0.5) is 4.79 Å². The maximum Gasteiger partial charge on any atom is 0.410 e. The fraction of sp³-hybridized carbons (Fsp3) is 0.450. The van der Waals surface area contributed by atoms with E-state index >= 15 is 0 Å². The third-order valence-corrected chi connectivity index (χ3v) is 5.67. The Labute approximate surface area is 148 Å². The maximum atomic E-state index is 12.0. The van der Waals surface area contributed by atoms with Gasteiger partial charge in [-0.3, -0.25) is 9.80 Å². The molecule has 1 unspecified atom stereocenters. The molecule has 2 saturated heterocycles. The summed E-state index contributed by atoms with van der Waals surface area (Å²) in [6.07, 6.45) is 0.742. The van der Waals surface area contributed by atoms with Gasteiger partial charge in [0.05, 0.1) is 12.6 Å². The van der Waals surface area contributed by atoms with Gasteiger partial charge in [-0.25, -0.2) is 4.79 Å². The third kappa shape index (κ3) is 2.63. The van der Waals surface area contributed by atoms with Crippen LogP contribution in [0.1, 0.15) is 18.9 Å². The van der Waals surface area contributed by atoms with Gasteiger partial charge in [0.15, 0.2) is 0 Å². The lowest BCUT2D eigenvalue weighted by Gasteiger charge is -2.44. The molecule has 0 aliphatic carbocycles. The van der Waals surface area contributed by atoms with Crippen molar-refractivity contribution in [3.8, 4) is 5.75 Å². The van der Waals surface area contributed by atoms with Crippen LogP contribution in [0.15, 0.2) is 36.4 Å². The Hall–Kier alpha value is -2.27. The number of carbonyl (C=O) groups is 1. The molecular weight excluding hydrogens is 316 g/mol. The predicted octanol–water partition coefficient (Wildman–Crippen LogP) is 3.27. The molecule has 2 aromatic rings. The van der Waals surface area contributed by atoms with Gasteiger partial charge in [0, 0.05) is 31.7 Å². The van der Waals surface area contributed by atoms with Crippen LogP contribution in [0.2, 0.25) is 0 Å². The fourth-order valence-electron chi connectivity index (χ4n) is 4.18. The molecule has 0 bridgehead atoms. The summed E-state index contributed by atoms with van der Waals surface area (Å²) in [7, 11) is 1.72. The zero-order chi connectivity index (χ0) is 17.4. The molecule has 132 valence electrons. The third-order valence-electron chi connectivity index (χ3n) is 5.67. The van der Waals surface area contributed by atoms with Gasteiger partial charge >= 0.3 is 6.09 Å². The van der Waals surface area contributed by atoms with Crippen LogP contribution < -0.4 is 4.74 Å². The van der Waals surface area contributed by atoms with Crippen LogP contribution in [0.25, 0.3) is 10.8 Å². The Bertz CT molecular complexity index is 807. The van der Waals surface area contributed by atoms with E-state index in [9.17, 15) is 4.79 Å². The van der Waals surface area contributed by atoms with Crippen molar-refractivity contribution in [3.63, 3.8) is 0 Å². The molecule has 5 nitrogen and oxygen atoms in total. The number of methoxy groups -OCH3 is 1. The lowest BCUT2D eigenvalue weighted by molar-refractivity contribution is 0.0448. The minimum atomic E-state index is -0.187. The summed E-state index contributed by atoms with van der Waals surface area (Å²) < 4.78 is 11.0. The molecule has 0 spiro atoms. The molecular formula is C20H24N2O3. The molecule has 2 aromatic carbocycles. The van der Waals surface area contributed by atoms with Gasteiger partial charge in [0.1, 0.15) is 12.4 Å². The van der Waals surface area contributed by atoms with E-state index in [0.29, 0.717) is 6.61 Å². The number of cyclic esters (lactones) is 1. The first-order chi connectivity index (χ1) is 12.2.